The van der Waals surface area contributed by atoms with Crippen molar-refractivity contribution in [2.24, 2.45) is 17.8 Å². The maximum absolute atomic E-state index is 12.4. The van der Waals surface area contributed by atoms with Crippen LogP contribution in [0, 0.1) is 17.8 Å². The zero-order valence-electron chi connectivity index (χ0n) is 15.2. The molecule has 136 valence electrons. The molecule has 1 heterocycles. The van der Waals surface area contributed by atoms with E-state index in [1.807, 2.05) is 0 Å². The average Bonchev–Trinajstić information content (AvgIpc) is 2.90. The van der Waals surface area contributed by atoms with Crippen LogP contribution in [-0.4, -0.2) is 40.6 Å². The molecule has 0 bridgehead atoms. The number of ether oxygens (including phenoxy) is 2. The second kappa shape index (κ2) is 5.80. The molecular formula is C19H24O6. The molecule has 1 aliphatic heterocycles. The predicted octanol–water partition coefficient (Wildman–Crippen LogP) is 1.71. The Morgan fingerprint density at radius 1 is 1.36 bits per heavy atom. The molecule has 1 saturated heterocycles. The summed E-state index contributed by atoms with van der Waals surface area (Å²) in [5, 5.41) is 11.4. The SMILES string of the molecule is CC1=CC(=O)C2=C(C)CC(OC(=O)C(C)C)C3C(C)C(=O)OC3C12O. The predicted molar refractivity (Wildman–Crippen MR) is 88.3 cm³/mol. The number of ketones is 1. The highest BCUT2D eigenvalue weighted by Crippen LogP contribution is 2.51. The lowest BCUT2D eigenvalue weighted by molar-refractivity contribution is -0.160. The minimum absolute atomic E-state index is 0.255. The first-order chi connectivity index (χ1) is 11.6. The van der Waals surface area contributed by atoms with Crippen molar-refractivity contribution in [3.8, 4) is 0 Å². The van der Waals surface area contributed by atoms with Crippen LogP contribution >= 0.6 is 0 Å². The molecule has 25 heavy (non-hydrogen) atoms. The van der Waals surface area contributed by atoms with Gasteiger partial charge in [0, 0.05) is 12.0 Å². The van der Waals surface area contributed by atoms with Gasteiger partial charge in [-0.3, -0.25) is 14.4 Å². The zero-order valence-corrected chi connectivity index (χ0v) is 15.2. The number of carbonyl (C=O) groups is 3. The maximum atomic E-state index is 12.4. The van der Waals surface area contributed by atoms with E-state index in [2.05, 4.69) is 0 Å². The van der Waals surface area contributed by atoms with Gasteiger partial charge < -0.3 is 14.6 Å². The number of carbonyl (C=O) groups excluding carboxylic acids is 3. The second-order valence-electron chi connectivity index (χ2n) is 7.67. The van der Waals surface area contributed by atoms with E-state index in [9.17, 15) is 19.5 Å². The Kier molecular flexibility index (Phi) is 4.14. The van der Waals surface area contributed by atoms with Gasteiger partial charge in [-0.1, -0.05) is 26.3 Å². The van der Waals surface area contributed by atoms with Gasteiger partial charge in [0.15, 0.2) is 11.4 Å². The number of rotatable bonds is 2. The largest absolute Gasteiger partial charge is 0.461 e. The van der Waals surface area contributed by atoms with Gasteiger partial charge in [0.25, 0.3) is 0 Å². The molecule has 0 spiro atoms. The summed E-state index contributed by atoms with van der Waals surface area (Å²) in [5.74, 6) is -2.45. The van der Waals surface area contributed by atoms with Crippen molar-refractivity contribution in [1.29, 1.82) is 0 Å². The molecule has 6 heteroatoms. The van der Waals surface area contributed by atoms with E-state index in [-0.39, 0.29) is 23.2 Å². The molecule has 3 aliphatic rings. The van der Waals surface area contributed by atoms with E-state index in [0.717, 1.165) is 0 Å². The zero-order chi connectivity index (χ0) is 18.7. The number of fused-ring (bicyclic) bond motifs is 3. The van der Waals surface area contributed by atoms with Gasteiger partial charge in [-0.2, -0.15) is 0 Å². The third kappa shape index (κ3) is 2.46. The van der Waals surface area contributed by atoms with Gasteiger partial charge >= 0.3 is 11.9 Å². The molecule has 6 nitrogen and oxygen atoms in total. The van der Waals surface area contributed by atoms with Crippen LogP contribution in [-0.2, 0) is 23.9 Å². The summed E-state index contributed by atoms with van der Waals surface area (Å²) in [6.45, 7) is 8.60. The molecule has 2 aliphatic carbocycles. The van der Waals surface area contributed by atoms with Crippen LogP contribution in [0.2, 0.25) is 0 Å². The lowest BCUT2D eigenvalue weighted by atomic mass is 9.76. The topological polar surface area (TPSA) is 89.9 Å². The van der Waals surface area contributed by atoms with Crippen LogP contribution < -0.4 is 0 Å². The fourth-order valence-electron chi connectivity index (χ4n) is 4.22. The Morgan fingerprint density at radius 3 is 2.60 bits per heavy atom. The van der Waals surface area contributed by atoms with Crippen molar-refractivity contribution in [1.82, 2.24) is 0 Å². The fraction of sp³-hybridized carbons (Fsp3) is 0.632. The summed E-state index contributed by atoms with van der Waals surface area (Å²) in [6.07, 6.45) is 0.136. The number of aliphatic hydroxyl groups is 1. The summed E-state index contributed by atoms with van der Waals surface area (Å²) < 4.78 is 11.2. The number of allylic oxidation sites excluding steroid dienone is 1. The highest BCUT2D eigenvalue weighted by atomic mass is 16.6. The van der Waals surface area contributed by atoms with Gasteiger partial charge in [-0.15, -0.1) is 0 Å². The normalized spacial score (nSPS) is 37.5. The van der Waals surface area contributed by atoms with E-state index in [0.29, 0.717) is 17.6 Å². The number of hydrogen-bond donors (Lipinski definition) is 1. The van der Waals surface area contributed by atoms with Crippen molar-refractivity contribution in [3.05, 3.63) is 22.8 Å². The number of hydrogen-bond acceptors (Lipinski definition) is 6. The first-order valence-corrected chi connectivity index (χ1v) is 8.65. The average molecular weight is 348 g/mol. The van der Waals surface area contributed by atoms with Crippen LogP contribution in [0.4, 0.5) is 0 Å². The maximum Gasteiger partial charge on any atom is 0.309 e. The van der Waals surface area contributed by atoms with E-state index < -0.39 is 35.6 Å². The van der Waals surface area contributed by atoms with Gasteiger partial charge in [-0.05, 0) is 25.5 Å². The van der Waals surface area contributed by atoms with Crippen LogP contribution in [0.3, 0.4) is 0 Å². The molecule has 0 radical (unpaired) electrons. The van der Waals surface area contributed by atoms with E-state index in [1.165, 1.54) is 6.08 Å². The Hall–Kier alpha value is -1.95. The molecule has 1 fully saturated rings. The van der Waals surface area contributed by atoms with E-state index in [4.69, 9.17) is 9.47 Å². The molecule has 1 N–H and O–H groups in total. The standard InChI is InChI=1S/C19H24O6/c1-8(2)17(21)24-13-6-9(3)15-12(20)7-10(4)19(15,23)16-14(13)11(5)18(22)25-16/h7-8,11,13-14,16,23H,6H2,1-5H3. The van der Waals surface area contributed by atoms with Gasteiger partial charge in [0.2, 0.25) is 0 Å². The second-order valence-corrected chi connectivity index (χ2v) is 7.67. The minimum Gasteiger partial charge on any atom is -0.461 e. The molecule has 0 aromatic carbocycles. The molecule has 0 aromatic heterocycles. The first kappa shape index (κ1) is 17.9. The van der Waals surface area contributed by atoms with Crippen molar-refractivity contribution >= 4 is 17.7 Å². The lowest BCUT2D eigenvalue weighted by Gasteiger charge is -2.35. The molecule has 5 atom stereocenters. The van der Waals surface area contributed by atoms with Crippen LogP contribution in [0.15, 0.2) is 22.8 Å². The summed E-state index contributed by atoms with van der Waals surface area (Å²) in [5.41, 5.74) is -0.269. The van der Waals surface area contributed by atoms with Gasteiger partial charge in [0.1, 0.15) is 12.2 Å². The summed E-state index contributed by atoms with van der Waals surface area (Å²) in [7, 11) is 0. The molecule has 3 rings (SSSR count). The monoisotopic (exact) mass is 348 g/mol. The van der Waals surface area contributed by atoms with Crippen molar-refractivity contribution in [2.75, 3.05) is 0 Å². The molecule has 0 amide bonds. The molecular weight excluding hydrogens is 324 g/mol. The summed E-state index contributed by atoms with van der Waals surface area (Å²) >= 11 is 0. The van der Waals surface area contributed by atoms with Crippen LogP contribution in [0.5, 0.6) is 0 Å². The summed E-state index contributed by atoms with van der Waals surface area (Å²) in [6, 6.07) is 0. The Balaban J connectivity index is 2.10. The minimum atomic E-state index is -1.65. The molecule has 0 saturated carbocycles. The van der Waals surface area contributed by atoms with E-state index >= 15 is 0 Å². The fourth-order valence-corrected chi connectivity index (χ4v) is 4.22. The Morgan fingerprint density at radius 2 is 2.00 bits per heavy atom. The van der Waals surface area contributed by atoms with Crippen molar-refractivity contribution in [2.45, 2.75) is 58.8 Å². The Labute approximate surface area is 146 Å². The van der Waals surface area contributed by atoms with Crippen molar-refractivity contribution in [3.63, 3.8) is 0 Å². The quantitative estimate of drug-likeness (QED) is 0.764. The Bertz CT molecular complexity index is 715. The summed E-state index contributed by atoms with van der Waals surface area (Å²) in [4.78, 5) is 36.8. The third-order valence-corrected chi connectivity index (χ3v) is 5.63. The smallest absolute Gasteiger partial charge is 0.309 e. The highest BCUT2D eigenvalue weighted by Gasteiger charge is 2.62. The third-order valence-electron chi connectivity index (χ3n) is 5.63. The number of esters is 2. The molecule has 0 aromatic rings. The molecule has 5 unspecified atom stereocenters. The first-order valence-electron chi connectivity index (χ1n) is 8.65. The van der Waals surface area contributed by atoms with Crippen LogP contribution in [0.25, 0.3) is 0 Å². The lowest BCUT2D eigenvalue weighted by Crippen LogP contribution is -2.49. The highest BCUT2D eigenvalue weighted by molar-refractivity contribution is 6.11. The van der Waals surface area contributed by atoms with Crippen LogP contribution in [0.1, 0.15) is 41.0 Å². The van der Waals surface area contributed by atoms with Gasteiger partial charge in [-0.25, -0.2) is 0 Å². The van der Waals surface area contributed by atoms with Crippen molar-refractivity contribution < 1.29 is 29.0 Å². The van der Waals surface area contributed by atoms with Gasteiger partial charge in [0.05, 0.1) is 17.8 Å². The van der Waals surface area contributed by atoms with E-state index in [1.54, 1.807) is 34.6 Å².